The molecule has 26 heavy (non-hydrogen) atoms. The lowest BCUT2D eigenvalue weighted by molar-refractivity contribution is -0.142. The first-order valence-electron chi connectivity index (χ1n) is 7.37. The summed E-state index contributed by atoms with van der Waals surface area (Å²) < 4.78 is 34.0. The SMILES string of the molecule is O=C(COC(=O)C=Cc1ccc(OC(F)F)cc1)Nc1cccc(Br)c1. The zero-order valence-corrected chi connectivity index (χ0v) is 14.9. The highest BCUT2D eigenvalue weighted by Crippen LogP contribution is 2.16. The Balaban J connectivity index is 1.78. The summed E-state index contributed by atoms with van der Waals surface area (Å²) >= 11 is 3.28. The molecule has 0 aliphatic carbocycles. The molecular formula is C18H14BrF2NO4. The van der Waals surface area contributed by atoms with Crippen LogP contribution in [-0.2, 0) is 14.3 Å². The Morgan fingerprint density at radius 2 is 1.88 bits per heavy atom. The second kappa shape index (κ2) is 9.67. The third kappa shape index (κ3) is 7.02. The maximum atomic E-state index is 12.0. The Morgan fingerprint density at radius 1 is 1.15 bits per heavy atom. The summed E-state index contributed by atoms with van der Waals surface area (Å²) in [5.74, 6) is -1.16. The highest BCUT2D eigenvalue weighted by Gasteiger charge is 2.06. The van der Waals surface area contributed by atoms with Gasteiger partial charge in [-0.2, -0.15) is 8.78 Å². The number of hydrogen-bond donors (Lipinski definition) is 1. The lowest BCUT2D eigenvalue weighted by Gasteiger charge is -2.05. The van der Waals surface area contributed by atoms with Gasteiger partial charge in [0.1, 0.15) is 5.75 Å². The number of ether oxygens (including phenoxy) is 2. The maximum Gasteiger partial charge on any atom is 0.387 e. The molecule has 0 spiro atoms. The van der Waals surface area contributed by atoms with Crippen molar-refractivity contribution in [2.24, 2.45) is 0 Å². The number of halogens is 3. The monoisotopic (exact) mass is 425 g/mol. The fraction of sp³-hybridized carbons (Fsp3) is 0.111. The number of nitrogens with one attached hydrogen (secondary N) is 1. The molecule has 5 nitrogen and oxygen atoms in total. The van der Waals surface area contributed by atoms with E-state index in [-0.39, 0.29) is 5.75 Å². The standard InChI is InChI=1S/C18H14BrF2NO4/c19-13-2-1-3-14(10-13)22-16(23)11-25-17(24)9-6-12-4-7-15(8-5-12)26-18(20)21/h1-10,18H,11H2,(H,22,23). The molecule has 0 atom stereocenters. The van der Waals surface area contributed by atoms with Crippen molar-refractivity contribution in [3.63, 3.8) is 0 Å². The topological polar surface area (TPSA) is 64.6 Å². The number of carbonyl (C=O) groups is 2. The van der Waals surface area contributed by atoms with Gasteiger partial charge in [0.05, 0.1) is 0 Å². The van der Waals surface area contributed by atoms with E-state index in [1.165, 1.54) is 30.3 Å². The molecule has 0 unspecified atom stereocenters. The Hall–Kier alpha value is -2.74. The molecule has 0 heterocycles. The summed E-state index contributed by atoms with van der Waals surface area (Å²) in [6, 6.07) is 12.7. The Kier molecular flexibility index (Phi) is 7.28. The van der Waals surface area contributed by atoms with Crippen LogP contribution in [0.15, 0.2) is 59.1 Å². The van der Waals surface area contributed by atoms with Crippen LogP contribution in [0.25, 0.3) is 6.08 Å². The van der Waals surface area contributed by atoms with Crippen molar-refractivity contribution >= 4 is 39.6 Å². The lowest BCUT2D eigenvalue weighted by Crippen LogP contribution is -2.20. The summed E-state index contributed by atoms with van der Waals surface area (Å²) in [6.07, 6.45) is 2.57. The Labute approximate surface area is 156 Å². The van der Waals surface area contributed by atoms with Crippen molar-refractivity contribution in [3.8, 4) is 5.75 Å². The fourth-order valence-corrected chi connectivity index (χ4v) is 2.27. The normalized spacial score (nSPS) is 10.8. The largest absolute Gasteiger partial charge is 0.452 e. The predicted molar refractivity (Wildman–Crippen MR) is 95.8 cm³/mol. The summed E-state index contributed by atoms with van der Waals surface area (Å²) in [5.41, 5.74) is 1.16. The van der Waals surface area contributed by atoms with E-state index in [4.69, 9.17) is 4.74 Å². The smallest absolute Gasteiger partial charge is 0.387 e. The minimum Gasteiger partial charge on any atom is -0.452 e. The summed E-state index contributed by atoms with van der Waals surface area (Å²) in [7, 11) is 0. The van der Waals surface area contributed by atoms with Crippen LogP contribution in [0.2, 0.25) is 0 Å². The van der Waals surface area contributed by atoms with Crippen molar-refractivity contribution in [2.45, 2.75) is 6.61 Å². The summed E-state index contributed by atoms with van der Waals surface area (Å²) in [4.78, 5) is 23.3. The molecular weight excluding hydrogens is 412 g/mol. The van der Waals surface area contributed by atoms with E-state index in [0.717, 1.165) is 10.5 Å². The third-order valence-corrected chi connectivity index (χ3v) is 3.46. The number of benzene rings is 2. The van der Waals surface area contributed by atoms with Gasteiger partial charge >= 0.3 is 12.6 Å². The quantitative estimate of drug-likeness (QED) is 0.532. The van der Waals surface area contributed by atoms with Crippen LogP contribution in [0.4, 0.5) is 14.5 Å². The van der Waals surface area contributed by atoms with Gasteiger partial charge in [0.2, 0.25) is 0 Å². The van der Waals surface area contributed by atoms with Gasteiger partial charge in [0.15, 0.2) is 6.61 Å². The van der Waals surface area contributed by atoms with Crippen molar-refractivity contribution in [3.05, 3.63) is 64.6 Å². The van der Waals surface area contributed by atoms with Gasteiger partial charge in [-0.05, 0) is 42.0 Å². The zero-order chi connectivity index (χ0) is 18.9. The number of amides is 1. The van der Waals surface area contributed by atoms with Crippen molar-refractivity contribution < 1.29 is 27.8 Å². The molecule has 0 aromatic heterocycles. The Bertz CT molecular complexity index is 794. The van der Waals surface area contributed by atoms with Gasteiger partial charge in [0.25, 0.3) is 5.91 Å². The molecule has 2 aromatic carbocycles. The lowest BCUT2D eigenvalue weighted by atomic mass is 10.2. The van der Waals surface area contributed by atoms with Gasteiger partial charge in [-0.15, -0.1) is 0 Å². The molecule has 1 amide bonds. The molecule has 2 rings (SSSR count). The van der Waals surface area contributed by atoms with Gasteiger partial charge in [-0.3, -0.25) is 4.79 Å². The van der Waals surface area contributed by atoms with E-state index < -0.39 is 25.1 Å². The second-order valence-corrected chi connectivity index (χ2v) is 5.86. The van der Waals surface area contributed by atoms with Crippen LogP contribution in [0.3, 0.4) is 0 Å². The van der Waals surface area contributed by atoms with Crippen LogP contribution in [0.5, 0.6) is 5.75 Å². The molecule has 0 aliphatic heterocycles. The van der Waals surface area contributed by atoms with Gasteiger partial charge in [-0.1, -0.05) is 34.1 Å². The number of hydrogen-bond acceptors (Lipinski definition) is 4. The molecule has 0 fully saturated rings. The predicted octanol–water partition coefficient (Wildman–Crippen LogP) is 4.25. The van der Waals surface area contributed by atoms with E-state index in [1.807, 2.05) is 6.07 Å². The van der Waals surface area contributed by atoms with Crippen molar-refractivity contribution in [2.75, 3.05) is 11.9 Å². The molecule has 1 N–H and O–H groups in total. The molecule has 2 aromatic rings. The van der Waals surface area contributed by atoms with Gasteiger partial charge in [-0.25, -0.2) is 4.79 Å². The first kappa shape index (κ1) is 19.6. The van der Waals surface area contributed by atoms with E-state index in [9.17, 15) is 18.4 Å². The maximum absolute atomic E-state index is 12.0. The van der Waals surface area contributed by atoms with Crippen molar-refractivity contribution in [1.82, 2.24) is 0 Å². The van der Waals surface area contributed by atoms with E-state index in [2.05, 4.69) is 26.0 Å². The molecule has 8 heteroatoms. The van der Waals surface area contributed by atoms with E-state index >= 15 is 0 Å². The van der Waals surface area contributed by atoms with Crippen LogP contribution >= 0.6 is 15.9 Å². The number of anilines is 1. The highest BCUT2D eigenvalue weighted by atomic mass is 79.9. The molecule has 136 valence electrons. The summed E-state index contributed by atoms with van der Waals surface area (Å²) in [5, 5.41) is 2.59. The molecule has 0 saturated heterocycles. The highest BCUT2D eigenvalue weighted by molar-refractivity contribution is 9.10. The zero-order valence-electron chi connectivity index (χ0n) is 13.3. The number of rotatable bonds is 7. The number of carbonyl (C=O) groups excluding carboxylic acids is 2. The summed E-state index contributed by atoms with van der Waals surface area (Å²) in [6.45, 7) is -3.33. The van der Waals surface area contributed by atoms with Crippen LogP contribution in [0, 0.1) is 0 Å². The first-order valence-corrected chi connectivity index (χ1v) is 8.17. The van der Waals surface area contributed by atoms with Gasteiger partial charge < -0.3 is 14.8 Å². The van der Waals surface area contributed by atoms with Crippen LogP contribution in [0.1, 0.15) is 5.56 Å². The number of esters is 1. The van der Waals surface area contributed by atoms with Crippen LogP contribution in [-0.4, -0.2) is 25.1 Å². The molecule has 0 bridgehead atoms. The van der Waals surface area contributed by atoms with Crippen molar-refractivity contribution in [1.29, 1.82) is 0 Å². The third-order valence-electron chi connectivity index (χ3n) is 2.97. The average molecular weight is 426 g/mol. The minimum absolute atomic E-state index is 0.0175. The average Bonchev–Trinajstić information content (AvgIpc) is 2.59. The van der Waals surface area contributed by atoms with Gasteiger partial charge in [0, 0.05) is 16.2 Å². The van der Waals surface area contributed by atoms with E-state index in [1.54, 1.807) is 18.2 Å². The molecule has 0 radical (unpaired) electrons. The second-order valence-electron chi connectivity index (χ2n) is 4.95. The Morgan fingerprint density at radius 3 is 2.54 bits per heavy atom. The number of alkyl halides is 2. The minimum atomic E-state index is -2.89. The van der Waals surface area contributed by atoms with E-state index in [0.29, 0.717) is 11.3 Å². The molecule has 0 aliphatic rings. The molecule has 0 saturated carbocycles. The fourth-order valence-electron chi connectivity index (χ4n) is 1.87. The van der Waals surface area contributed by atoms with Crippen LogP contribution < -0.4 is 10.1 Å². The first-order chi connectivity index (χ1) is 12.4.